The van der Waals surface area contributed by atoms with Crippen LogP contribution in [0.5, 0.6) is 11.5 Å². The summed E-state index contributed by atoms with van der Waals surface area (Å²) in [6.45, 7) is 0. The first-order valence-corrected chi connectivity index (χ1v) is 5.41. The van der Waals surface area contributed by atoms with E-state index >= 15 is 0 Å². The highest BCUT2D eigenvalue weighted by molar-refractivity contribution is 5.85. The van der Waals surface area contributed by atoms with Crippen LogP contribution in [0.4, 0.5) is 18.9 Å². The molecule has 0 atom stereocenters. The maximum absolute atomic E-state index is 12.4. The maximum Gasteiger partial charge on any atom is 0.416 e. The van der Waals surface area contributed by atoms with Crippen molar-refractivity contribution >= 4 is 18.1 Å². The van der Waals surface area contributed by atoms with E-state index in [0.717, 1.165) is 12.1 Å². The highest BCUT2D eigenvalue weighted by Crippen LogP contribution is 2.31. The van der Waals surface area contributed by atoms with Crippen LogP contribution >= 0.6 is 12.4 Å². The fourth-order valence-electron chi connectivity index (χ4n) is 1.47. The van der Waals surface area contributed by atoms with E-state index < -0.39 is 11.7 Å². The van der Waals surface area contributed by atoms with Gasteiger partial charge >= 0.3 is 6.18 Å². The van der Waals surface area contributed by atoms with E-state index in [1.165, 1.54) is 12.1 Å². The van der Waals surface area contributed by atoms with Crippen LogP contribution in [0.2, 0.25) is 0 Å². The quantitative estimate of drug-likeness (QED) is 0.660. The molecule has 3 nitrogen and oxygen atoms in total. The van der Waals surface area contributed by atoms with Crippen molar-refractivity contribution in [1.82, 2.24) is 0 Å². The lowest BCUT2D eigenvalue weighted by Gasteiger charge is -2.09. The standard InChI is InChI=1S/C13H11F3N2O.ClH/c14-13(15,16)9-1-5-11(6-2-9)19-12-7-3-10(18-17)4-8-12;/h1-8,18H,17H2;1H. The van der Waals surface area contributed by atoms with Crippen LogP contribution in [-0.2, 0) is 6.18 Å². The van der Waals surface area contributed by atoms with Gasteiger partial charge in [0.1, 0.15) is 11.5 Å². The molecule has 0 fully saturated rings. The molecule has 2 aromatic carbocycles. The summed E-state index contributed by atoms with van der Waals surface area (Å²) in [5.41, 5.74) is 2.46. The Kier molecular flexibility index (Phi) is 5.24. The number of halogens is 4. The number of anilines is 1. The summed E-state index contributed by atoms with van der Waals surface area (Å²) in [7, 11) is 0. The van der Waals surface area contributed by atoms with Crippen molar-refractivity contribution in [2.24, 2.45) is 5.84 Å². The summed E-state index contributed by atoms with van der Waals surface area (Å²) in [5, 5.41) is 0. The molecule has 0 aromatic heterocycles. The monoisotopic (exact) mass is 304 g/mol. The average Bonchev–Trinajstić information content (AvgIpc) is 2.39. The van der Waals surface area contributed by atoms with Gasteiger partial charge in [0.15, 0.2) is 0 Å². The molecular weight excluding hydrogens is 293 g/mol. The molecule has 0 amide bonds. The molecule has 2 rings (SSSR count). The fraction of sp³-hybridized carbons (Fsp3) is 0.0769. The second kappa shape index (κ2) is 6.49. The predicted octanol–water partition coefficient (Wildman–Crippen LogP) is 4.21. The molecule has 7 heteroatoms. The third-order valence-electron chi connectivity index (χ3n) is 2.44. The summed E-state index contributed by atoms with van der Waals surface area (Å²) in [6.07, 6.45) is -4.34. The van der Waals surface area contributed by atoms with Gasteiger partial charge in [0.05, 0.1) is 5.56 Å². The van der Waals surface area contributed by atoms with Crippen molar-refractivity contribution in [3.05, 3.63) is 54.1 Å². The normalized spacial score (nSPS) is 10.6. The number of benzene rings is 2. The second-order valence-corrected chi connectivity index (χ2v) is 3.79. The van der Waals surface area contributed by atoms with Crippen LogP contribution in [0, 0.1) is 0 Å². The zero-order valence-corrected chi connectivity index (χ0v) is 11.0. The van der Waals surface area contributed by atoms with Crippen LogP contribution in [0.15, 0.2) is 48.5 Å². The zero-order valence-electron chi connectivity index (χ0n) is 10.1. The van der Waals surface area contributed by atoms with Crippen molar-refractivity contribution < 1.29 is 17.9 Å². The number of rotatable bonds is 3. The van der Waals surface area contributed by atoms with Gasteiger partial charge < -0.3 is 10.2 Å². The smallest absolute Gasteiger partial charge is 0.416 e. The highest BCUT2D eigenvalue weighted by atomic mass is 35.5. The number of alkyl halides is 3. The Labute approximate surface area is 119 Å². The predicted molar refractivity (Wildman–Crippen MR) is 73.0 cm³/mol. The number of hydrogen-bond donors (Lipinski definition) is 2. The molecule has 3 N–H and O–H groups in total. The van der Waals surface area contributed by atoms with Crippen molar-refractivity contribution in [3.8, 4) is 11.5 Å². The first-order chi connectivity index (χ1) is 8.99. The van der Waals surface area contributed by atoms with Crippen molar-refractivity contribution in [2.45, 2.75) is 6.18 Å². The molecule has 0 saturated heterocycles. The molecular formula is C13H12ClF3N2O. The number of hydrogen-bond acceptors (Lipinski definition) is 3. The van der Waals surface area contributed by atoms with Crippen LogP contribution < -0.4 is 16.0 Å². The molecule has 20 heavy (non-hydrogen) atoms. The van der Waals surface area contributed by atoms with Gasteiger partial charge in [-0.15, -0.1) is 12.4 Å². The van der Waals surface area contributed by atoms with Gasteiger partial charge in [-0.25, -0.2) is 0 Å². The minimum absolute atomic E-state index is 0. The molecule has 0 heterocycles. The Morgan fingerprint density at radius 1 is 0.850 bits per heavy atom. The summed E-state index contributed by atoms with van der Waals surface area (Å²) < 4.78 is 42.5. The molecule has 0 spiro atoms. The SMILES string of the molecule is Cl.NNc1ccc(Oc2ccc(C(F)(F)F)cc2)cc1. The van der Waals surface area contributed by atoms with Crippen LogP contribution in [-0.4, -0.2) is 0 Å². The Morgan fingerprint density at radius 3 is 1.70 bits per heavy atom. The Bertz CT molecular complexity index is 541. The van der Waals surface area contributed by atoms with Crippen LogP contribution in [0.3, 0.4) is 0 Å². The lowest BCUT2D eigenvalue weighted by molar-refractivity contribution is -0.137. The van der Waals surface area contributed by atoms with Crippen LogP contribution in [0.25, 0.3) is 0 Å². The third-order valence-corrected chi connectivity index (χ3v) is 2.44. The van der Waals surface area contributed by atoms with Gasteiger partial charge in [0.25, 0.3) is 0 Å². The Hall–Kier alpha value is -1.92. The summed E-state index contributed by atoms with van der Waals surface area (Å²) >= 11 is 0. The topological polar surface area (TPSA) is 47.3 Å². The Balaban J connectivity index is 0.00000200. The van der Waals surface area contributed by atoms with Crippen molar-refractivity contribution in [3.63, 3.8) is 0 Å². The number of nitrogen functional groups attached to an aromatic ring is 1. The van der Waals surface area contributed by atoms with Crippen molar-refractivity contribution in [2.75, 3.05) is 5.43 Å². The molecule has 0 aliphatic heterocycles. The molecule has 0 bridgehead atoms. The third kappa shape index (κ3) is 4.04. The van der Waals surface area contributed by atoms with Gasteiger partial charge in [-0.05, 0) is 48.5 Å². The minimum atomic E-state index is -4.34. The van der Waals surface area contributed by atoms with Gasteiger partial charge in [-0.2, -0.15) is 13.2 Å². The maximum atomic E-state index is 12.4. The van der Waals surface area contributed by atoms with Gasteiger partial charge in [-0.1, -0.05) is 0 Å². The first-order valence-electron chi connectivity index (χ1n) is 5.41. The fourth-order valence-corrected chi connectivity index (χ4v) is 1.47. The lowest BCUT2D eigenvalue weighted by atomic mass is 10.2. The highest BCUT2D eigenvalue weighted by Gasteiger charge is 2.29. The van der Waals surface area contributed by atoms with E-state index in [4.69, 9.17) is 10.6 Å². The largest absolute Gasteiger partial charge is 0.457 e. The molecule has 0 aliphatic rings. The molecule has 2 aromatic rings. The van der Waals surface area contributed by atoms with Gasteiger partial charge in [-0.3, -0.25) is 5.84 Å². The average molecular weight is 305 g/mol. The molecule has 0 unspecified atom stereocenters. The van der Waals surface area contributed by atoms with Gasteiger partial charge in [0, 0.05) is 5.69 Å². The summed E-state index contributed by atoms with van der Waals surface area (Å²) in [4.78, 5) is 0. The molecule has 0 aliphatic carbocycles. The van der Waals surface area contributed by atoms with E-state index in [1.54, 1.807) is 24.3 Å². The van der Waals surface area contributed by atoms with E-state index in [-0.39, 0.29) is 12.4 Å². The molecule has 0 radical (unpaired) electrons. The minimum Gasteiger partial charge on any atom is -0.457 e. The van der Waals surface area contributed by atoms with Crippen LogP contribution in [0.1, 0.15) is 5.56 Å². The van der Waals surface area contributed by atoms with E-state index in [2.05, 4.69) is 5.43 Å². The molecule has 0 saturated carbocycles. The Morgan fingerprint density at radius 2 is 1.30 bits per heavy atom. The van der Waals surface area contributed by atoms with E-state index in [9.17, 15) is 13.2 Å². The zero-order chi connectivity index (χ0) is 13.9. The second-order valence-electron chi connectivity index (χ2n) is 3.79. The van der Waals surface area contributed by atoms with E-state index in [1.807, 2.05) is 0 Å². The van der Waals surface area contributed by atoms with Crippen molar-refractivity contribution in [1.29, 1.82) is 0 Å². The first kappa shape index (κ1) is 16.1. The van der Waals surface area contributed by atoms with E-state index in [0.29, 0.717) is 17.2 Å². The summed E-state index contributed by atoms with van der Waals surface area (Å²) in [5.74, 6) is 6.06. The molecule has 108 valence electrons. The van der Waals surface area contributed by atoms with Gasteiger partial charge in [0.2, 0.25) is 0 Å². The number of nitrogens with one attached hydrogen (secondary N) is 1. The number of nitrogens with two attached hydrogens (primary N) is 1. The number of ether oxygens (including phenoxy) is 1. The lowest BCUT2D eigenvalue weighted by Crippen LogP contribution is -2.06. The summed E-state index contributed by atoms with van der Waals surface area (Å²) in [6, 6.07) is 11.2. The number of hydrazine groups is 1.